The third-order valence-electron chi connectivity index (χ3n) is 3.20. The molecule has 0 spiro atoms. The number of nitrogens with zero attached hydrogens (tertiary/aromatic N) is 2. The molecule has 5 nitrogen and oxygen atoms in total. The van der Waals surface area contributed by atoms with E-state index in [2.05, 4.69) is 15.6 Å². The Hall–Kier alpha value is -1.23. The lowest BCUT2D eigenvalue weighted by Crippen LogP contribution is -2.46. The van der Waals surface area contributed by atoms with E-state index in [0.29, 0.717) is 9.92 Å². The number of alkyl halides is 3. The average molecular weight is 493 g/mol. The van der Waals surface area contributed by atoms with Gasteiger partial charge in [-0.25, -0.2) is 0 Å². The van der Waals surface area contributed by atoms with Crippen LogP contribution < -0.4 is 10.6 Å². The molecule has 1 aromatic carbocycles. The quantitative estimate of drug-likeness (QED) is 0.377. The fourth-order valence-electron chi connectivity index (χ4n) is 1.96. The van der Waals surface area contributed by atoms with Crippen LogP contribution in [0.25, 0.3) is 0 Å². The molecular formula is C15H21ClF3IN4O. The van der Waals surface area contributed by atoms with Gasteiger partial charge >= 0.3 is 6.18 Å². The molecule has 10 heteroatoms. The molecule has 1 atom stereocenters. The molecule has 25 heavy (non-hydrogen) atoms. The number of hydrogen-bond acceptors (Lipinski definition) is 2. The van der Waals surface area contributed by atoms with Gasteiger partial charge < -0.3 is 15.5 Å². The van der Waals surface area contributed by atoms with Gasteiger partial charge in [-0.05, 0) is 18.6 Å². The van der Waals surface area contributed by atoms with E-state index in [4.69, 9.17) is 11.6 Å². The van der Waals surface area contributed by atoms with Crippen LogP contribution in [-0.4, -0.2) is 50.1 Å². The van der Waals surface area contributed by atoms with Crippen LogP contribution in [0.4, 0.5) is 13.2 Å². The Morgan fingerprint density at radius 1 is 1.36 bits per heavy atom. The molecule has 2 N–H and O–H groups in total. The van der Waals surface area contributed by atoms with Gasteiger partial charge in [-0.15, -0.1) is 24.0 Å². The first-order chi connectivity index (χ1) is 11.1. The molecule has 1 amide bonds. The van der Waals surface area contributed by atoms with Crippen LogP contribution in [0, 0.1) is 0 Å². The molecule has 0 aliphatic heterocycles. The minimum atomic E-state index is -4.43. The zero-order chi connectivity index (χ0) is 18.3. The van der Waals surface area contributed by atoms with Crippen molar-refractivity contribution >= 4 is 47.4 Å². The summed E-state index contributed by atoms with van der Waals surface area (Å²) in [5.74, 6) is -0.406. The zero-order valence-corrected chi connectivity index (χ0v) is 17.1. The summed E-state index contributed by atoms with van der Waals surface area (Å²) in [5.41, 5.74) is 0.836. The van der Waals surface area contributed by atoms with Crippen molar-refractivity contribution in [1.29, 1.82) is 0 Å². The molecule has 0 bridgehead atoms. The zero-order valence-electron chi connectivity index (χ0n) is 14.0. The fourth-order valence-corrected chi connectivity index (χ4v) is 2.25. The Kier molecular flexibility index (Phi) is 10.2. The summed E-state index contributed by atoms with van der Waals surface area (Å²) < 4.78 is 36.8. The summed E-state index contributed by atoms with van der Waals surface area (Å²) in [6, 6.07) is 7.04. The highest BCUT2D eigenvalue weighted by molar-refractivity contribution is 14.0. The fraction of sp³-hybridized carbons (Fsp3) is 0.467. The van der Waals surface area contributed by atoms with Crippen molar-refractivity contribution in [1.82, 2.24) is 15.5 Å². The molecule has 0 fully saturated rings. The van der Waals surface area contributed by atoms with Gasteiger partial charge in [0, 0.05) is 19.1 Å². The molecule has 1 unspecified atom stereocenters. The normalized spacial score (nSPS) is 12.8. The van der Waals surface area contributed by atoms with Crippen molar-refractivity contribution in [3.63, 3.8) is 0 Å². The summed E-state index contributed by atoms with van der Waals surface area (Å²) in [7, 11) is 2.60. The first kappa shape index (κ1) is 23.8. The van der Waals surface area contributed by atoms with Crippen LogP contribution in [0.2, 0.25) is 5.02 Å². The van der Waals surface area contributed by atoms with Gasteiger partial charge in [0.25, 0.3) is 0 Å². The lowest BCUT2D eigenvalue weighted by molar-refractivity contribution is -0.157. The van der Waals surface area contributed by atoms with Gasteiger partial charge in [0.05, 0.1) is 12.6 Å². The first-order valence-electron chi connectivity index (χ1n) is 7.16. The number of guanidine groups is 1. The number of aliphatic imine (C=N–C) groups is 1. The lowest BCUT2D eigenvalue weighted by atomic mass is 10.1. The van der Waals surface area contributed by atoms with Crippen molar-refractivity contribution in [3.8, 4) is 0 Å². The Morgan fingerprint density at radius 2 is 1.96 bits per heavy atom. The number of carbonyl (C=O) groups excluding carboxylic acids is 1. The van der Waals surface area contributed by atoms with E-state index in [1.807, 2.05) is 19.1 Å². The molecule has 1 aromatic rings. The van der Waals surface area contributed by atoms with Crippen LogP contribution in [0.5, 0.6) is 0 Å². The van der Waals surface area contributed by atoms with Crippen molar-refractivity contribution in [2.24, 2.45) is 4.99 Å². The maximum absolute atomic E-state index is 12.3. The Balaban J connectivity index is 0.00000576. The lowest BCUT2D eigenvalue weighted by Gasteiger charge is -2.21. The van der Waals surface area contributed by atoms with E-state index in [0.717, 1.165) is 12.6 Å². The van der Waals surface area contributed by atoms with Crippen LogP contribution in [0.3, 0.4) is 0 Å². The first-order valence-corrected chi connectivity index (χ1v) is 7.54. The summed E-state index contributed by atoms with van der Waals surface area (Å²) in [5, 5.41) is 6.30. The number of halogens is 5. The smallest absolute Gasteiger partial charge is 0.350 e. The molecule has 0 aliphatic rings. The topological polar surface area (TPSA) is 56.7 Å². The van der Waals surface area contributed by atoms with E-state index >= 15 is 0 Å². The number of rotatable bonds is 5. The number of likely N-dealkylation sites (N-methyl/N-ethyl adjacent to an activating group) is 1. The Labute approximate surface area is 167 Å². The average Bonchev–Trinajstić information content (AvgIpc) is 2.49. The number of amides is 1. The number of hydrogen-bond donors (Lipinski definition) is 2. The van der Waals surface area contributed by atoms with Crippen molar-refractivity contribution in [3.05, 3.63) is 34.9 Å². The minimum Gasteiger partial charge on any atom is -0.350 e. The molecule has 0 heterocycles. The highest BCUT2D eigenvalue weighted by Gasteiger charge is 2.31. The SMILES string of the molecule is CN=C(NCC(=O)N(C)CC(F)(F)F)NC(C)c1ccccc1Cl.I. The van der Waals surface area contributed by atoms with E-state index in [9.17, 15) is 18.0 Å². The second-order valence-corrected chi connectivity index (χ2v) is 5.59. The number of carbonyl (C=O) groups is 1. The van der Waals surface area contributed by atoms with E-state index in [1.165, 1.54) is 7.05 Å². The predicted molar refractivity (Wildman–Crippen MR) is 103 cm³/mol. The molecule has 1 rings (SSSR count). The van der Waals surface area contributed by atoms with Crippen LogP contribution >= 0.6 is 35.6 Å². The van der Waals surface area contributed by atoms with Gasteiger partial charge in [0.2, 0.25) is 5.91 Å². The standard InChI is InChI=1S/C15H20ClF3N4O.HI/c1-10(11-6-4-5-7-12(11)16)22-14(20-2)21-8-13(24)23(3)9-15(17,18)19;/h4-7,10H,8-9H2,1-3H3,(H2,20,21,22);1H. The van der Waals surface area contributed by atoms with E-state index in [1.54, 1.807) is 12.1 Å². The number of benzene rings is 1. The van der Waals surface area contributed by atoms with Crippen LogP contribution in [0.1, 0.15) is 18.5 Å². The summed E-state index contributed by atoms with van der Waals surface area (Å²) in [4.78, 5) is 16.3. The molecule has 142 valence electrons. The highest BCUT2D eigenvalue weighted by Crippen LogP contribution is 2.21. The molecule has 0 radical (unpaired) electrons. The van der Waals surface area contributed by atoms with Crippen molar-refractivity contribution < 1.29 is 18.0 Å². The van der Waals surface area contributed by atoms with Crippen molar-refractivity contribution in [2.75, 3.05) is 27.2 Å². The van der Waals surface area contributed by atoms with Gasteiger partial charge in [0.1, 0.15) is 6.54 Å². The Morgan fingerprint density at radius 3 is 2.48 bits per heavy atom. The molecule has 0 aromatic heterocycles. The van der Waals surface area contributed by atoms with Crippen molar-refractivity contribution in [2.45, 2.75) is 19.1 Å². The summed E-state index contributed by atoms with van der Waals surface area (Å²) in [6.45, 7) is 0.253. The highest BCUT2D eigenvalue weighted by atomic mass is 127. The van der Waals surface area contributed by atoms with E-state index < -0.39 is 18.6 Å². The predicted octanol–water partition coefficient (Wildman–Crippen LogP) is 3.20. The second-order valence-electron chi connectivity index (χ2n) is 5.18. The van der Waals surface area contributed by atoms with E-state index in [-0.39, 0.29) is 42.5 Å². The minimum absolute atomic E-state index is 0. The largest absolute Gasteiger partial charge is 0.406 e. The van der Waals surface area contributed by atoms with Gasteiger partial charge in [0.15, 0.2) is 5.96 Å². The summed E-state index contributed by atoms with van der Waals surface area (Å²) >= 11 is 6.11. The van der Waals surface area contributed by atoms with Gasteiger partial charge in [-0.2, -0.15) is 13.2 Å². The maximum atomic E-state index is 12.3. The third kappa shape index (κ3) is 8.61. The number of nitrogens with one attached hydrogen (secondary N) is 2. The van der Waals surface area contributed by atoms with Crippen LogP contribution in [-0.2, 0) is 4.79 Å². The molecule has 0 saturated heterocycles. The third-order valence-corrected chi connectivity index (χ3v) is 3.54. The molecule has 0 saturated carbocycles. The monoisotopic (exact) mass is 492 g/mol. The van der Waals surface area contributed by atoms with Crippen LogP contribution in [0.15, 0.2) is 29.3 Å². The molecular weight excluding hydrogens is 472 g/mol. The summed E-state index contributed by atoms with van der Waals surface area (Å²) in [6.07, 6.45) is -4.43. The maximum Gasteiger partial charge on any atom is 0.406 e. The van der Waals surface area contributed by atoms with Gasteiger partial charge in [-0.1, -0.05) is 29.8 Å². The van der Waals surface area contributed by atoms with Gasteiger partial charge in [-0.3, -0.25) is 9.79 Å². The Bertz CT molecular complexity index is 598. The molecule has 0 aliphatic carbocycles. The second kappa shape index (κ2) is 10.7.